The Morgan fingerprint density at radius 3 is 2.82 bits per heavy atom. The van der Waals surface area contributed by atoms with Crippen molar-refractivity contribution in [2.24, 2.45) is 0 Å². The van der Waals surface area contributed by atoms with Crippen molar-refractivity contribution in [1.29, 1.82) is 0 Å². The first-order chi connectivity index (χ1) is 10.8. The summed E-state index contributed by atoms with van der Waals surface area (Å²) in [7, 11) is 2.28. The summed E-state index contributed by atoms with van der Waals surface area (Å²) in [6.45, 7) is 7.94. The predicted molar refractivity (Wildman–Crippen MR) is 86.2 cm³/mol. The molecular formula is C15H26N6S+2. The highest BCUT2D eigenvalue weighted by molar-refractivity contribution is 7.09. The lowest BCUT2D eigenvalue weighted by atomic mass is 10.1. The molecule has 0 bridgehead atoms. The molecule has 0 amide bonds. The van der Waals surface area contributed by atoms with E-state index in [0.717, 1.165) is 18.8 Å². The van der Waals surface area contributed by atoms with Crippen LogP contribution >= 0.6 is 11.3 Å². The number of likely N-dealkylation sites (N-methyl/N-ethyl adjacent to an activating group) is 1. The molecule has 1 saturated heterocycles. The molecule has 22 heavy (non-hydrogen) atoms. The van der Waals surface area contributed by atoms with Crippen LogP contribution in [0.1, 0.15) is 36.5 Å². The number of piperazine rings is 1. The van der Waals surface area contributed by atoms with Crippen molar-refractivity contribution in [3.8, 4) is 0 Å². The van der Waals surface area contributed by atoms with Crippen LogP contribution in [0.5, 0.6) is 0 Å². The van der Waals surface area contributed by atoms with E-state index in [1.165, 1.54) is 37.5 Å². The van der Waals surface area contributed by atoms with Crippen LogP contribution in [0.3, 0.4) is 0 Å². The van der Waals surface area contributed by atoms with Crippen LogP contribution in [0.4, 0.5) is 0 Å². The van der Waals surface area contributed by atoms with Crippen molar-refractivity contribution in [2.75, 3.05) is 33.2 Å². The molecule has 0 radical (unpaired) electrons. The number of aromatic nitrogens is 4. The molecule has 3 heterocycles. The van der Waals surface area contributed by atoms with Gasteiger partial charge >= 0.3 is 0 Å². The van der Waals surface area contributed by atoms with E-state index in [0.29, 0.717) is 6.04 Å². The summed E-state index contributed by atoms with van der Waals surface area (Å²) in [5, 5.41) is 14.7. The van der Waals surface area contributed by atoms with Gasteiger partial charge in [0, 0.05) is 11.3 Å². The third-order valence-corrected chi connectivity index (χ3v) is 5.43. The smallest absolute Gasteiger partial charge is 0.209 e. The van der Waals surface area contributed by atoms with E-state index in [2.05, 4.69) is 47.0 Å². The zero-order valence-electron chi connectivity index (χ0n) is 13.5. The maximum Gasteiger partial charge on any atom is 0.209 e. The minimum atomic E-state index is 0.424. The number of nitrogens with zero attached hydrogens (tertiary/aromatic N) is 4. The molecule has 0 aliphatic carbocycles. The largest absolute Gasteiger partial charge is 0.328 e. The van der Waals surface area contributed by atoms with Gasteiger partial charge in [-0.1, -0.05) is 19.4 Å². The minimum Gasteiger partial charge on any atom is -0.328 e. The molecule has 1 atom stereocenters. The van der Waals surface area contributed by atoms with Crippen molar-refractivity contribution in [3.05, 3.63) is 28.2 Å². The fourth-order valence-corrected chi connectivity index (χ4v) is 3.96. The van der Waals surface area contributed by atoms with E-state index < -0.39 is 0 Å². The lowest BCUT2D eigenvalue weighted by molar-refractivity contribution is -1.02. The van der Waals surface area contributed by atoms with Crippen LogP contribution in [-0.4, -0.2) is 53.4 Å². The van der Waals surface area contributed by atoms with Crippen LogP contribution in [0, 0.1) is 0 Å². The van der Waals surface area contributed by atoms with Gasteiger partial charge < -0.3 is 9.80 Å². The van der Waals surface area contributed by atoms with E-state index in [9.17, 15) is 0 Å². The predicted octanol–water partition coefficient (Wildman–Crippen LogP) is -0.963. The number of rotatable bonds is 6. The Labute approximate surface area is 135 Å². The molecule has 7 heteroatoms. The highest BCUT2D eigenvalue weighted by atomic mass is 32.1. The number of hydrogen-bond donors (Lipinski definition) is 2. The van der Waals surface area contributed by atoms with Crippen LogP contribution in [-0.2, 0) is 6.54 Å². The third-order valence-electron chi connectivity index (χ3n) is 4.57. The van der Waals surface area contributed by atoms with Crippen molar-refractivity contribution < 1.29 is 9.80 Å². The Kier molecular flexibility index (Phi) is 5.17. The van der Waals surface area contributed by atoms with Gasteiger partial charge in [-0.2, -0.15) is 0 Å². The molecule has 1 aliphatic heterocycles. The standard InChI is InChI=1S/C15H24N6S/c1-3-5-14(20-9-7-19(2)8-10-20)15-16-17-18-21(15)12-13-6-4-11-22-13/h4,6,11,14H,3,5,7-10,12H2,1-2H3/p+2/t14-/m1/s1. The van der Waals surface area contributed by atoms with E-state index in [4.69, 9.17) is 0 Å². The molecule has 3 rings (SSSR count). The Bertz CT molecular complexity index is 558. The van der Waals surface area contributed by atoms with Crippen molar-refractivity contribution >= 4 is 11.3 Å². The Balaban J connectivity index is 1.78. The summed E-state index contributed by atoms with van der Waals surface area (Å²) < 4.78 is 2.00. The number of tetrazole rings is 1. The Morgan fingerprint density at radius 2 is 2.14 bits per heavy atom. The van der Waals surface area contributed by atoms with Crippen LogP contribution in [0.25, 0.3) is 0 Å². The van der Waals surface area contributed by atoms with E-state index in [1.807, 2.05) is 4.68 Å². The SMILES string of the molecule is CCC[C@H](c1nnnn1Cc1cccs1)[NH+]1CC[NH+](C)CC1. The maximum absolute atomic E-state index is 4.39. The topological polar surface area (TPSA) is 52.5 Å². The average Bonchev–Trinajstić information content (AvgIpc) is 3.18. The molecular weight excluding hydrogens is 296 g/mol. The molecule has 0 unspecified atom stereocenters. The zero-order chi connectivity index (χ0) is 15.4. The first-order valence-corrected chi connectivity index (χ1v) is 9.10. The summed E-state index contributed by atoms with van der Waals surface area (Å²) in [4.78, 5) is 4.59. The van der Waals surface area contributed by atoms with Crippen molar-refractivity contribution in [3.63, 3.8) is 0 Å². The van der Waals surface area contributed by atoms with Gasteiger partial charge in [0.25, 0.3) is 0 Å². The van der Waals surface area contributed by atoms with E-state index >= 15 is 0 Å². The first kappa shape index (κ1) is 15.6. The first-order valence-electron chi connectivity index (χ1n) is 8.22. The third kappa shape index (κ3) is 3.53. The lowest BCUT2D eigenvalue weighted by Gasteiger charge is -2.32. The quantitative estimate of drug-likeness (QED) is 0.720. The monoisotopic (exact) mass is 322 g/mol. The molecule has 0 aromatic carbocycles. The molecule has 2 aromatic rings. The summed E-state index contributed by atoms with van der Waals surface area (Å²) in [5.41, 5.74) is 0. The van der Waals surface area contributed by atoms with Gasteiger partial charge in [0.15, 0.2) is 0 Å². The second-order valence-corrected chi connectivity index (χ2v) is 7.26. The molecule has 120 valence electrons. The van der Waals surface area contributed by atoms with Gasteiger partial charge in [0.2, 0.25) is 5.82 Å². The van der Waals surface area contributed by atoms with Crippen molar-refractivity contribution in [2.45, 2.75) is 32.4 Å². The number of nitrogens with one attached hydrogen (secondary N) is 2. The summed E-state index contributed by atoms with van der Waals surface area (Å²) in [5.74, 6) is 1.06. The molecule has 1 aliphatic rings. The van der Waals surface area contributed by atoms with Gasteiger partial charge in [0.1, 0.15) is 32.2 Å². The molecule has 1 fully saturated rings. The normalized spacial score (nSPS) is 23.5. The lowest BCUT2D eigenvalue weighted by Crippen LogP contribution is -3.27. The number of quaternary nitrogens is 2. The maximum atomic E-state index is 4.39. The van der Waals surface area contributed by atoms with Gasteiger partial charge in [-0.3, -0.25) is 0 Å². The fraction of sp³-hybridized carbons (Fsp3) is 0.667. The molecule has 2 N–H and O–H groups in total. The van der Waals surface area contributed by atoms with E-state index in [1.54, 1.807) is 21.1 Å². The highest BCUT2D eigenvalue weighted by Gasteiger charge is 2.32. The average molecular weight is 322 g/mol. The molecule has 0 saturated carbocycles. The summed E-state index contributed by atoms with van der Waals surface area (Å²) >= 11 is 1.76. The van der Waals surface area contributed by atoms with Crippen LogP contribution in [0.15, 0.2) is 17.5 Å². The number of thiophene rings is 1. The number of hydrogen-bond acceptors (Lipinski definition) is 4. The fourth-order valence-electron chi connectivity index (χ4n) is 3.27. The van der Waals surface area contributed by atoms with Gasteiger partial charge in [0.05, 0.1) is 13.6 Å². The second kappa shape index (κ2) is 7.30. The van der Waals surface area contributed by atoms with Crippen molar-refractivity contribution in [1.82, 2.24) is 20.2 Å². The molecule has 0 spiro atoms. The van der Waals surface area contributed by atoms with Gasteiger partial charge in [-0.25, -0.2) is 4.68 Å². The van der Waals surface area contributed by atoms with Crippen LogP contribution in [0.2, 0.25) is 0 Å². The molecule has 2 aromatic heterocycles. The van der Waals surface area contributed by atoms with Crippen LogP contribution < -0.4 is 9.80 Å². The minimum absolute atomic E-state index is 0.424. The Hall–Kier alpha value is -1.31. The van der Waals surface area contributed by atoms with Gasteiger partial charge in [-0.15, -0.1) is 16.4 Å². The summed E-state index contributed by atoms with van der Waals surface area (Å²) in [6.07, 6.45) is 2.32. The Morgan fingerprint density at radius 1 is 1.32 bits per heavy atom. The van der Waals surface area contributed by atoms with E-state index in [-0.39, 0.29) is 0 Å². The van der Waals surface area contributed by atoms with Gasteiger partial charge in [-0.05, 0) is 21.9 Å². The highest BCUT2D eigenvalue weighted by Crippen LogP contribution is 2.15. The summed E-state index contributed by atoms with van der Waals surface area (Å²) in [6, 6.07) is 4.66. The zero-order valence-corrected chi connectivity index (χ0v) is 14.3. The molecule has 6 nitrogen and oxygen atoms in total. The second-order valence-electron chi connectivity index (χ2n) is 6.23.